The van der Waals surface area contributed by atoms with Crippen LogP contribution in [-0.4, -0.2) is 72.2 Å². The van der Waals surface area contributed by atoms with Crippen molar-refractivity contribution >= 4 is 35.1 Å². The molecule has 150 valence electrons. The fraction of sp³-hybridized carbons (Fsp3) is 0.474. The molecular formula is C19H26N6O3. The van der Waals surface area contributed by atoms with Gasteiger partial charge < -0.3 is 20.4 Å². The van der Waals surface area contributed by atoms with Crippen LogP contribution in [0.5, 0.6) is 0 Å². The van der Waals surface area contributed by atoms with Gasteiger partial charge in [-0.15, -0.1) is 0 Å². The highest BCUT2D eigenvalue weighted by Gasteiger charge is 2.30. The van der Waals surface area contributed by atoms with E-state index in [0.29, 0.717) is 17.3 Å². The number of carbonyl (C=O) groups is 3. The number of hydrogen-bond acceptors (Lipinski definition) is 6. The summed E-state index contributed by atoms with van der Waals surface area (Å²) in [6.45, 7) is 7.90. The topological polar surface area (TPSA) is 106 Å². The van der Waals surface area contributed by atoms with Gasteiger partial charge >= 0.3 is 0 Å². The molecular weight excluding hydrogens is 360 g/mol. The molecule has 1 aromatic rings. The van der Waals surface area contributed by atoms with E-state index in [4.69, 9.17) is 0 Å². The van der Waals surface area contributed by atoms with Crippen LogP contribution in [0.15, 0.2) is 29.3 Å². The Hall–Kier alpha value is -2.94. The number of guanidine groups is 1. The van der Waals surface area contributed by atoms with E-state index in [1.54, 1.807) is 24.3 Å². The predicted octanol–water partition coefficient (Wildman–Crippen LogP) is 0.466. The third-order valence-electron chi connectivity index (χ3n) is 4.80. The van der Waals surface area contributed by atoms with E-state index in [-0.39, 0.29) is 24.1 Å². The summed E-state index contributed by atoms with van der Waals surface area (Å²) in [5.74, 6) is -0.212. The molecule has 2 aliphatic rings. The number of aliphatic imine (C=N–C) groups is 1. The van der Waals surface area contributed by atoms with Crippen molar-refractivity contribution in [3.8, 4) is 0 Å². The Labute approximate surface area is 164 Å². The van der Waals surface area contributed by atoms with E-state index in [9.17, 15) is 14.4 Å². The number of rotatable bonds is 4. The molecule has 1 saturated heterocycles. The number of piperazine rings is 1. The lowest BCUT2D eigenvalue weighted by Crippen LogP contribution is -2.56. The normalized spacial score (nSPS) is 20.2. The second-order valence-corrected chi connectivity index (χ2v) is 6.89. The summed E-state index contributed by atoms with van der Waals surface area (Å²) in [6.07, 6.45) is 0.0221. The fourth-order valence-electron chi connectivity index (χ4n) is 3.23. The van der Waals surface area contributed by atoms with Gasteiger partial charge in [-0.25, -0.2) is 4.99 Å². The third-order valence-corrected chi connectivity index (χ3v) is 4.80. The zero-order chi connectivity index (χ0) is 20.1. The van der Waals surface area contributed by atoms with E-state index < -0.39 is 6.04 Å². The molecule has 0 radical (unpaired) electrons. The van der Waals surface area contributed by atoms with Gasteiger partial charge in [0.2, 0.25) is 23.7 Å². The lowest BCUT2D eigenvalue weighted by Gasteiger charge is -2.37. The SMILES string of the molecule is CCN1CCN(C2=NC(C(=O)Nc3ccc(NC(C)=O)cc3)CC(=O)N2)CC1. The van der Waals surface area contributed by atoms with Crippen LogP contribution in [0, 0.1) is 0 Å². The molecule has 3 amide bonds. The minimum absolute atomic E-state index is 0.0221. The van der Waals surface area contributed by atoms with Crippen molar-refractivity contribution in [2.24, 2.45) is 4.99 Å². The third kappa shape index (κ3) is 5.07. The van der Waals surface area contributed by atoms with Gasteiger partial charge in [0, 0.05) is 44.5 Å². The Balaban J connectivity index is 1.63. The van der Waals surface area contributed by atoms with Crippen LogP contribution in [0.2, 0.25) is 0 Å². The lowest BCUT2D eigenvalue weighted by atomic mass is 10.1. The highest BCUT2D eigenvalue weighted by Crippen LogP contribution is 2.16. The van der Waals surface area contributed by atoms with Gasteiger partial charge in [-0.1, -0.05) is 6.92 Å². The highest BCUT2D eigenvalue weighted by atomic mass is 16.2. The molecule has 0 saturated carbocycles. The molecule has 1 unspecified atom stereocenters. The standard InChI is InChI=1S/C19H26N6O3/c1-3-24-8-10-25(11-9-24)19-22-16(12-17(27)23-19)18(28)21-15-6-4-14(5-7-15)20-13(2)26/h4-7,16H,3,8-12H2,1-2H3,(H,20,26)(H,21,28)(H,22,23,27). The molecule has 1 aromatic carbocycles. The van der Waals surface area contributed by atoms with Crippen molar-refractivity contribution in [3.05, 3.63) is 24.3 Å². The zero-order valence-electron chi connectivity index (χ0n) is 16.2. The molecule has 3 rings (SSSR count). The number of benzene rings is 1. The fourth-order valence-corrected chi connectivity index (χ4v) is 3.23. The van der Waals surface area contributed by atoms with Gasteiger partial charge in [0.25, 0.3) is 0 Å². The zero-order valence-corrected chi connectivity index (χ0v) is 16.2. The van der Waals surface area contributed by atoms with Crippen LogP contribution in [0.3, 0.4) is 0 Å². The second kappa shape index (κ2) is 8.83. The molecule has 0 aliphatic carbocycles. The summed E-state index contributed by atoms with van der Waals surface area (Å²) < 4.78 is 0. The number of nitrogens with zero attached hydrogens (tertiary/aromatic N) is 3. The van der Waals surface area contributed by atoms with E-state index in [0.717, 1.165) is 32.7 Å². The van der Waals surface area contributed by atoms with Gasteiger partial charge in [-0.05, 0) is 30.8 Å². The first-order valence-corrected chi connectivity index (χ1v) is 9.48. The predicted molar refractivity (Wildman–Crippen MR) is 107 cm³/mol. The number of hydrogen-bond donors (Lipinski definition) is 3. The maximum Gasteiger partial charge on any atom is 0.249 e. The van der Waals surface area contributed by atoms with Crippen LogP contribution in [0.4, 0.5) is 11.4 Å². The van der Waals surface area contributed by atoms with Crippen molar-refractivity contribution < 1.29 is 14.4 Å². The molecule has 2 aliphatic heterocycles. The highest BCUT2D eigenvalue weighted by molar-refractivity contribution is 6.06. The van der Waals surface area contributed by atoms with Gasteiger partial charge in [-0.2, -0.15) is 0 Å². The minimum Gasteiger partial charge on any atom is -0.340 e. The Bertz CT molecular complexity index is 768. The number of amides is 3. The van der Waals surface area contributed by atoms with E-state index in [1.165, 1.54) is 6.92 Å². The number of carbonyl (C=O) groups excluding carboxylic acids is 3. The second-order valence-electron chi connectivity index (χ2n) is 6.89. The van der Waals surface area contributed by atoms with Crippen molar-refractivity contribution in [3.63, 3.8) is 0 Å². The number of likely N-dealkylation sites (N-methyl/N-ethyl adjacent to an activating group) is 1. The lowest BCUT2D eigenvalue weighted by molar-refractivity contribution is -0.125. The summed E-state index contributed by atoms with van der Waals surface area (Å²) in [5.41, 5.74) is 1.23. The summed E-state index contributed by atoms with van der Waals surface area (Å²) in [6, 6.07) is 6.03. The van der Waals surface area contributed by atoms with E-state index in [1.807, 2.05) is 4.90 Å². The average molecular weight is 386 g/mol. The van der Waals surface area contributed by atoms with Crippen LogP contribution in [0.1, 0.15) is 20.3 Å². The van der Waals surface area contributed by atoms with Crippen LogP contribution < -0.4 is 16.0 Å². The molecule has 9 nitrogen and oxygen atoms in total. The molecule has 0 spiro atoms. The summed E-state index contributed by atoms with van der Waals surface area (Å²) in [7, 11) is 0. The number of anilines is 2. The largest absolute Gasteiger partial charge is 0.340 e. The number of nitrogens with one attached hydrogen (secondary N) is 3. The molecule has 0 aromatic heterocycles. The molecule has 0 bridgehead atoms. The van der Waals surface area contributed by atoms with Crippen molar-refractivity contribution in [1.29, 1.82) is 0 Å². The summed E-state index contributed by atoms with van der Waals surface area (Å²) in [5, 5.41) is 8.25. The Morgan fingerprint density at radius 2 is 1.71 bits per heavy atom. The van der Waals surface area contributed by atoms with Gasteiger partial charge in [0.15, 0.2) is 0 Å². The van der Waals surface area contributed by atoms with E-state index in [2.05, 4.69) is 32.8 Å². The monoisotopic (exact) mass is 386 g/mol. The molecule has 1 fully saturated rings. The summed E-state index contributed by atoms with van der Waals surface area (Å²) in [4.78, 5) is 44.6. The first-order valence-electron chi connectivity index (χ1n) is 9.48. The first kappa shape index (κ1) is 19.8. The molecule has 1 atom stereocenters. The van der Waals surface area contributed by atoms with E-state index >= 15 is 0 Å². The average Bonchev–Trinajstić information content (AvgIpc) is 2.68. The molecule has 28 heavy (non-hydrogen) atoms. The van der Waals surface area contributed by atoms with Crippen LogP contribution in [-0.2, 0) is 14.4 Å². The van der Waals surface area contributed by atoms with Crippen LogP contribution >= 0.6 is 0 Å². The van der Waals surface area contributed by atoms with Crippen molar-refractivity contribution in [1.82, 2.24) is 15.1 Å². The van der Waals surface area contributed by atoms with Gasteiger partial charge in [0.05, 0.1) is 6.42 Å². The first-order chi connectivity index (χ1) is 13.4. The van der Waals surface area contributed by atoms with Crippen molar-refractivity contribution in [2.75, 3.05) is 43.4 Å². The maximum atomic E-state index is 12.6. The Kier molecular flexibility index (Phi) is 6.25. The maximum absolute atomic E-state index is 12.6. The van der Waals surface area contributed by atoms with Crippen molar-refractivity contribution in [2.45, 2.75) is 26.3 Å². The van der Waals surface area contributed by atoms with Gasteiger partial charge in [0.1, 0.15) is 6.04 Å². The minimum atomic E-state index is -0.761. The quantitative estimate of drug-likeness (QED) is 0.697. The molecule has 9 heteroatoms. The van der Waals surface area contributed by atoms with Gasteiger partial charge in [-0.3, -0.25) is 19.7 Å². The Morgan fingerprint density at radius 3 is 2.29 bits per heavy atom. The summed E-state index contributed by atoms with van der Waals surface area (Å²) >= 11 is 0. The smallest absolute Gasteiger partial charge is 0.249 e. The molecule has 2 heterocycles. The Morgan fingerprint density at radius 1 is 1.11 bits per heavy atom. The van der Waals surface area contributed by atoms with Crippen LogP contribution in [0.25, 0.3) is 0 Å². The molecule has 3 N–H and O–H groups in total.